The monoisotopic (exact) mass is 381 g/mol. The Bertz CT molecular complexity index is 318. The van der Waals surface area contributed by atoms with Gasteiger partial charge in [0.05, 0.1) is 0 Å². The van der Waals surface area contributed by atoms with Crippen molar-refractivity contribution in [2.24, 2.45) is 0 Å². The van der Waals surface area contributed by atoms with E-state index in [1.165, 1.54) is 3.28 Å². The predicted molar refractivity (Wildman–Crippen MR) is 71.5 cm³/mol. The summed E-state index contributed by atoms with van der Waals surface area (Å²) in [5, 5.41) is 0. The topological polar surface area (TPSA) is 9.72 Å². The molecule has 1 rings (SSSR count). The summed E-state index contributed by atoms with van der Waals surface area (Å²) in [7, 11) is 12.9. The molecule has 0 N–H and O–H groups in total. The Balaban J connectivity index is 3.33. The number of nitrogens with zero attached hydrogens (tertiary/aromatic N) is 3. The second-order valence-electron chi connectivity index (χ2n) is 5.06. The molecule has 0 heterocycles. The van der Waals surface area contributed by atoms with Crippen LogP contribution in [-0.4, -0.2) is 66.7 Å². The molecule has 0 amide bonds. The van der Waals surface area contributed by atoms with E-state index in [-0.39, 0.29) is 0 Å². The van der Waals surface area contributed by atoms with Gasteiger partial charge in [0.15, 0.2) is 0 Å². The molecule has 0 bridgehead atoms. The van der Waals surface area contributed by atoms with Gasteiger partial charge in [0, 0.05) is 0 Å². The zero-order valence-corrected chi connectivity index (χ0v) is 17.2. The van der Waals surface area contributed by atoms with Crippen LogP contribution in [0.4, 0.5) is 3.50 Å². The summed E-state index contributed by atoms with van der Waals surface area (Å²) in [6.45, 7) is 0. The molecule has 3 nitrogen and oxygen atoms in total. The molecule has 0 atom stereocenters. The molecule has 0 spiro atoms. The maximum absolute atomic E-state index is 13.3. The first-order valence-corrected chi connectivity index (χ1v) is 13.0. The third-order valence-electron chi connectivity index (χ3n) is 3.45. The van der Waals surface area contributed by atoms with Crippen molar-refractivity contribution in [2.75, 3.05) is 42.3 Å². The number of hydrogen-bond acceptors (Lipinski definition) is 3. The van der Waals surface area contributed by atoms with E-state index >= 15 is 0 Å². The summed E-state index contributed by atoms with van der Waals surface area (Å²) in [4.78, 5) is 0. The van der Waals surface area contributed by atoms with E-state index < -0.39 is 37.0 Å². The molecule has 0 aromatic carbocycles. The second kappa shape index (κ2) is 6.24. The van der Waals surface area contributed by atoms with E-state index in [0.717, 1.165) is 10.8 Å². The van der Waals surface area contributed by atoms with Gasteiger partial charge in [-0.15, -0.1) is 0 Å². The number of allylic oxidation sites excluding steroid dienone is 4. The van der Waals surface area contributed by atoms with Crippen molar-refractivity contribution in [3.63, 3.8) is 0 Å². The van der Waals surface area contributed by atoms with Gasteiger partial charge in [0.1, 0.15) is 0 Å². The van der Waals surface area contributed by atoms with Gasteiger partial charge in [-0.1, -0.05) is 0 Å². The zero-order chi connectivity index (χ0) is 13.2. The van der Waals surface area contributed by atoms with Crippen molar-refractivity contribution in [3.8, 4) is 0 Å². The van der Waals surface area contributed by atoms with Gasteiger partial charge in [-0.3, -0.25) is 0 Å². The number of rotatable bonds is 5. The van der Waals surface area contributed by atoms with Crippen LogP contribution in [0.25, 0.3) is 0 Å². The zero-order valence-electron chi connectivity index (χ0n) is 11.8. The van der Waals surface area contributed by atoms with Crippen molar-refractivity contribution in [2.45, 2.75) is 6.42 Å². The van der Waals surface area contributed by atoms with Crippen molar-refractivity contribution >= 4 is 15.9 Å². The van der Waals surface area contributed by atoms with Crippen LogP contribution in [0.15, 0.2) is 19.8 Å². The molecule has 0 saturated heterocycles. The Morgan fingerprint density at radius 3 is 1.88 bits per heavy atom. The molecule has 0 radical (unpaired) electrons. The molecule has 0 aliphatic heterocycles. The van der Waals surface area contributed by atoms with E-state index in [1.807, 2.05) is 6.08 Å². The SMILES string of the molecule is C[N](C)[Zr]([C]1=[C]([GeH2][F])C=CC1)([N](C)C)[N](C)C. The van der Waals surface area contributed by atoms with Crippen LogP contribution < -0.4 is 0 Å². The summed E-state index contributed by atoms with van der Waals surface area (Å²) in [6, 6.07) is 0. The fourth-order valence-electron chi connectivity index (χ4n) is 3.04. The second-order valence-corrected chi connectivity index (χ2v) is 18.4. The standard InChI is InChI=1S/C5H6FGe.3C2H6N.Zr/c6-7-5-3-1-2-4-5;3*1-3-2;/h1,3H,2,7H2;3*1-2H3;/q;3*-1;+3. The van der Waals surface area contributed by atoms with Crippen LogP contribution >= 0.6 is 0 Å². The fourth-order valence-corrected chi connectivity index (χ4v) is 20.1. The summed E-state index contributed by atoms with van der Waals surface area (Å²) in [5.41, 5.74) is 0. The van der Waals surface area contributed by atoms with E-state index in [4.69, 9.17) is 0 Å². The Kier molecular flexibility index (Phi) is 5.79. The molecule has 0 aromatic rings. The van der Waals surface area contributed by atoms with E-state index in [2.05, 4.69) is 56.9 Å². The van der Waals surface area contributed by atoms with Gasteiger partial charge in [-0.25, -0.2) is 0 Å². The van der Waals surface area contributed by atoms with Crippen LogP contribution in [0.2, 0.25) is 0 Å². The fraction of sp³-hybridized carbons (Fsp3) is 0.636. The number of halogens is 1. The molecule has 1 aliphatic carbocycles. The molecule has 0 fully saturated rings. The van der Waals surface area contributed by atoms with Gasteiger partial charge in [0.25, 0.3) is 0 Å². The summed E-state index contributed by atoms with van der Waals surface area (Å²) >= 11 is -4.94. The van der Waals surface area contributed by atoms with E-state index in [9.17, 15) is 3.50 Å². The van der Waals surface area contributed by atoms with Crippen LogP contribution in [0.1, 0.15) is 6.42 Å². The van der Waals surface area contributed by atoms with Gasteiger partial charge in [0.2, 0.25) is 0 Å². The van der Waals surface area contributed by atoms with Gasteiger partial charge < -0.3 is 0 Å². The van der Waals surface area contributed by atoms with Crippen LogP contribution in [0.5, 0.6) is 0 Å². The maximum atomic E-state index is 13.3. The Morgan fingerprint density at radius 2 is 1.53 bits per heavy atom. The van der Waals surface area contributed by atoms with Crippen LogP contribution in [0.3, 0.4) is 0 Å². The molecule has 1 aliphatic rings. The minimum absolute atomic E-state index is 0.953. The molecule has 6 heteroatoms. The van der Waals surface area contributed by atoms with Crippen molar-refractivity contribution in [1.29, 1.82) is 0 Å². The van der Waals surface area contributed by atoms with Crippen molar-refractivity contribution in [1.82, 2.24) is 8.53 Å². The third kappa shape index (κ3) is 2.69. The third-order valence-corrected chi connectivity index (χ3v) is 19.7. The Morgan fingerprint density at radius 1 is 1.06 bits per heavy atom. The first-order chi connectivity index (χ1) is 7.88. The minimum atomic E-state index is -2.94. The van der Waals surface area contributed by atoms with E-state index in [0.29, 0.717) is 0 Å². The van der Waals surface area contributed by atoms with Crippen LogP contribution in [-0.2, 0) is 21.1 Å². The Hall–Kier alpha value is 0.716. The van der Waals surface area contributed by atoms with Gasteiger partial charge >= 0.3 is 118 Å². The van der Waals surface area contributed by atoms with Crippen LogP contribution in [0, 0.1) is 0 Å². The van der Waals surface area contributed by atoms with Crippen molar-refractivity contribution < 1.29 is 24.6 Å². The van der Waals surface area contributed by atoms with Gasteiger partial charge in [-0.2, -0.15) is 0 Å². The van der Waals surface area contributed by atoms with Crippen molar-refractivity contribution in [3.05, 3.63) is 19.8 Å². The molecule has 0 aromatic heterocycles. The summed E-state index contributed by atoms with van der Waals surface area (Å²) in [5.74, 6) is 0. The molecular weight excluding hydrogens is 357 g/mol. The summed E-state index contributed by atoms with van der Waals surface area (Å²) < 4.78 is 22.9. The summed E-state index contributed by atoms with van der Waals surface area (Å²) in [6.07, 6.45) is 5.13. The van der Waals surface area contributed by atoms with E-state index in [1.54, 1.807) is 0 Å². The predicted octanol–water partition coefficient (Wildman–Crippen LogP) is 0.795. The molecule has 0 saturated carbocycles. The number of hydrogen-bond donors (Lipinski definition) is 0. The Labute approximate surface area is 117 Å². The quantitative estimate of drug-likeness (QED) is 0.653. The molecule has 0 unspecified atom stereocenters. The normalized spacial score (nSPS) is 17.8. The molecule has 98 valence electrons. The average molecular weight is 381 g/mol. The first-order valence-electron chi connectivity index (χ1n) is 5.86. The molecular formula is C11H24FGeN3Zr. The average Bonchev–Trinajstić information content (AvgIpc) is 2.65. The molecule has 17 heavy (non-hydrogen) atoms. The van der Waals surface area contributed by atoms with Gasteiger partial charge in [-0.05, 0) is 0 Å². The first kappa shape index (κ1) is 15.8.